The standard InChI is InChI=1S/C23H28O3/c1-2-3-4-5-6-10-17-26-21-15-13-20(14-16-21)23(25)18-22(24)19-11-8-7-9-12-19/h7-9,11-16,18,24H,2-6,10,17H2,1H3/b22-18+. The van der Waals surface area contributed by atoms with E-state index in [1.54, 1.807) is 36.4 Å². The number of ketones is 1. The van der Waals surface area contributed by atoms with Crippen molar-refractivity contribution in [2.75, 3.05) is 6.61 Å². The van der Waals surface area contributed by atoms with Gasteiger partial charge in [0, 0.05) is 17.2 Å². The number of ether oxygens (including phenoxy) is 1. The molecule has 0 spiro atoms. The van der Waals surface area contributed by atoms with Crippen LogP contribution in [0, 0.1) is 0 Å². The van der Waals surface area contributed by atoms with Gasteiger partial charge < -0.3 is 9.84 Å². The molecule has 0 aliphatic carbocycles. The second-order valence-corrected chi connectivity index (χ2v) is 6.40. The number of hydrogen-bond acceptors (Lipinski definition) is 3. The quantitative estimate of drug-likeness (QED) is 0.226. The highest BCUT2D eigenvalue weighted by molar-refractivity contribution is 6.07. The number of aliphatic hydroxyl groups is 1. The summed E-state index contributed by atoms with van der Waals surface area (Å²) in [7, 11) is 0. The minimum atomic E-state index is -0.228. The maximum absolute atomic E-state index is 12.2. The van der Waals surface area contributed by atoms with E-state index in [1.807, 2.05) is 18.2 Å². The lowest BCUT2D eigenvalue weighted by Crippen LogP contribution is -1.99. The minimum absolute atomic E-state index is 0.0287. The van der Waals surface area contributed by atoms with E-state index in [-0.39, 0.29) is 11.5 Å². The van der Waals surface area contributed by atoms with E-state index in [4.69, 9.17) is 4.74 Å². The van der Waals surface area contributed by atoms with Crippen molar-refractivity contribution in [1.29, 1.82) is 0 Å². The summed E-state index contributed by atoms with van der Waals surface area (Å²) in [5.41, 5.74) is 1.15. The Labute approximate surface area is 156 Å². The predicted octanol–water partition coefficient (Wildman–Crippen LogP) is 6.21. The maximum atomic E-state index is 12.2. The fourth-order valence-electron chi connectivity index (χ4n) is 2.69. The summed E-state index contributed by atoms with van der Waals surface area (Å²) in [6.45, 7) is 2.92. The van der Waals surface area contributed by atoms with Crippen LogP contribution >= 0.6 is 0 Å². The van der Waals surface area contributed by atoms with E-state index < -0.39 is 0 Å². The summed E-state index contributed by atoms with van der Waals surface area (Å²) >= 11 is 0. The molecule has 0 heterocycles. The van der Waals surface area contributed by atoms with E-state index in [2.05, 4.69) is 6.92 Å². The topological polar surface area (TPSA) is 46.5 Å². The van der Waals surface area contributed by atoms with E-state index >= 15 is 0 Å². The second kappa shape index (κ2) is 11.1. The van der Waals surface area contributed by atoms with E-state index in [9.17, 15) is 9.90 Å². The van der Waals surface area contributed by atoms with Gasteiger partial charge in [-0.2, -0.15) is 0 Å². The lowest BCUT2D eigenvalue weighted by atomic mass is 10.1. The molecule has 2 aromatic carbocycles. The first kappa shape index (κ1) is 19.8. The molecule has 0 atom stereocenters. The number of hydrogen-bond donors (Lipinski definition) is 1. The van der Waals surface area contributed by atoms with Crippen LogP contribution in [0.1, 0.15) is 61.4 Å². The number of unbranched alkanes of at least 4 members (excludes halogenated alkanes) is 5. The van der Waals surface area contributed by atoms with Crippen LogP contribution < -0.4 is 4.74 Å². The van der Waals surface area contributed by atoms with Gasteiger partial charge in [0.15, 0.2) is 5.78 Å². The van der Waals surface area contributed by atoms with Crippen LogP contribution in [0.15, 0.2) is 60.7 Å². The molecule has 0 bridgehead atoms. The average molecular weight is 352 g/mol. The summed E-state index contributed by atoms with van der Waals surface area (Å²) < 4.78 is 5.72. The van der Waals surface area contributed by atoms with Gasteiger partial charge in [-0.05, 0) is 30.7 Å². The third-order valence-corrected chi connectivity index (χ3v) is 4.24. The predicted molar refractivity (Wildman–Crippen MR) is 107 cm³/mol. The molecule has 26 heavy (non-hydrogen) atoms. The molecule has 0 aliphatic heterocycles. The first-order valence-corrected chi connectivity index (χ1v) is 9.44. The Bertz CT molecular complexity index is 687. The molecule has 2 aromatic rings. The van der Waals surface area contributed by atoms with Gasteiger partial charge in [0.25, 0.3) is 0 Å². The van der Waals surface area contributed by atoms with Crippen LogP contribution in [-0.4, -0.2) is 17.5 Å². The highest BCUT2D eigenvalue weighted by Crippen LogP contribution is 2.16. The van der Waals surface area contributed by atoms with Gasteiger partial charge in [-0.3, -0.25) is 4.79 Å². The molecule has 3 nitrogen and oxygen atoms in total. The monoisotopic (exact) mass is 352 g/mol. The molecule has 0 radical (unpaired) electrons. The van der Waals surface area contributed by atoms with E-state index in [0.29, 0.717) is 17.7 Å². The van der Waals surface area contributed by atoms with Gasteiger partial charge in [-0.25, -0.2) is 0 Å². The fraction of sp³-hybridized carbons (Fsp3) is 0.348. The Morgan fingerprint density at radius 2 is 1.54 bits per heavy atom. The zero-order valence-corrected chi connectivity index (χ0v) is 15.5. The summed E-state index contributed by atoms with van der Waals surface area (Å²) in [6, 6.07) is 16.1. The van der Waals surface area contributed by atoms with Crippen LogP contribution in [0.2, 0.25) is 0 Å². The highest BCUT2D eigenvalue weighted by Gasteiger charge is 2.06. The lowest BCUT2D eigenvalue weighted by Gasteiger charge is -2.07. The molecule has 0 aromatic heterocycles. The lowest BCUT2D eigenvalue weighted by molar-refractivity contribution is 0.104. The van der Waals surface area contributed by atoms with E-state index in [1.165, 1.54) is 38.2 Å². The van der Waals surface area contributed by atoms with Crippen LogP contribution in [0.3, 0.4) is 0 Å². The Morgan fingerprint density at radius 3 is 2.23 bits per heavy atom. The van der Waals surface area contributed by atoms with Gasteiger partial charge in [0.2, 0.25) is 0 Å². The van der Waals surface area contributed by atoms with Crippen LogP contribution in [0.5, 0.6) is 5.75 Å². The molecule has 0 fully saturated rings. The van der Waals surface area contributed by atoms with Gasteiger partial charge in [-0.15, -0.1) is 0 Å². The van der Waals surface area contributed by atoms with Gasteiger partial charge in [-0.1, -0.05) is 69.4 Å². The first-order chi connectivity index (χ1) is 12.7. The second-order valence-electron chi connectivity index (χ2n) is 6.40. The van der Waals surface area contributed by atoms with Crippen LogP contribution in [0.4, 0.5) is 0 Å². The van der Waals surface area contributed by atoms with Crippen molar-refractivity contribution in [1.82, 2.24) is 0 Å². The largest absolute Gasteiger partial charge is 0.507 e. The van der Waals surface area contributed by atoms with Gasteiger partial charge in [0.05, 0.1) is 6.61 Å². The molecule has 0 aliphatic rings. The number of aliphatic hydroxyl groups excluding tert-OH is 1. The smallest absolute Gasteiger partial charge is 0.189 e. The van der Waals surface area contributed by atoms with Gasteiger partial charge in [0.1, 0.15) is 11.5 Å². The van der Waals surface area contributed by atoms with Crippen LogP contribution in [0.25, 0.3) is 5.76 Å². The molecule has 138 valence electrons. The van der Waals surface area contributed by atoms with Crippen molar-refractivity contribution in [3.05, 3.63) is 71.8 Å². The molecule has 0 saturated carbocycles. The number of allylic oxidation sites excluding steroid dienone is 1. The Hall–Kier alpha value is -2.55. The SMILES string of the molecule is CCCCCCCCOc1ccc(C(=O)/C=C(/O)c2ccccc2)cc1. The third-order valence-electron chi connectivity index (χ3n) is 4.24. The Balaban J connectivity index is 1.80. The Kier molecular flexibility index (Phi) is 8.47. The summed E-state index contributed by atoms with van der Waals surface area (Å²) in [5.74, 6) is 0.513. The molecule has 2 rings (SSSR count). The zero-order chi connectivity index (χ0) is 18.6. The minimum Gasteiger partial charge on any atom is -0.507 e. The molecule has 0 amide bonds. The number of rotatable bonds is 11. The fourth-order valence-corrected chi connectivity index (χ4v) is 2.69. The highest BCUT2D eigenvalue weighted by atomic mass is 16.5. The number of benzene rings is 2. The number of carbonyl (C=O) groups excluding carboxylic acids is 1. The van der Waals surface area contributed by atoms with Crippen molar-refractivity contribution < 1.29 is 14.6 Å². The normalized spacial score (nSPS) is 11.3. The third kappa shape index (κ3) is 6.75. The Morgan fingerprint density at radius 1 is 0.885 bits per heavy atom. The summed E-state index contributed by atoms with van der Waals surface area (Å²) in [5, 5.41) is 10.0. The van der Waals surface area contributed by atoms with Crippen molar-refractivity contribution in [2.45, 2.75) is 45.4 Å². The number of carbonyl (C=O) groups is 1. The molecular weight excluding hydrogens is 324 g/mol. The molecule has 3 heteroatoms. The van der Waals surface area contributed by atoms with Crippen molar-refractivity contribution in [3.63, 3.8) is 0 Å². The van der Waals surface area contributed by atoms with Crippen LogP contribution in [-0.2, 0) is 0 Å². The maximum Gasteiger partial charge on any atom is 0.189 e. The molecule has 1 N–H and O–H groups in total. The van der Waals surface area contributed by atoms with Gasteiger partial charge >= 0.3 is 0 Å². The molecular formula is C23H28O3. The summed E-state index contributed by atoms with van der Waals surface area (Å²) in [6.07, 6.45) is 8.64. The van der Waals surface area contributed by atoms with Crippen molar-refractivity contribution in [3.8, 4) is 5.75 Å². The van der Waals surface area contributed by atoms with E-state index in [0.717, 1.165) is 12.2 Å². The average Bonchev–Trinajstić information content (AvgIpc) is 2.68. The first-order valence-electron chi connectivity index (χ1n) is 9.44. The molecule has 0 unspecified atom stereocenters. The van der Waals surface area contributed by atoms with Crippen molar-refractivity contribution >= 4 is 11.5 Å². The zero-order valence-electron chi connectivity index (χ0n) is 15.5. The molecule has 0 saturated heterocycles. The van der Waals surface area contributed by atoms with Crippen molar-refractivity contribution in [2.24, 2.45) is 0 Å². The summed E-state index contributed by atoms with van der Waals surface area (Å²) in [4.78, 5) is 12.2.